The topological polar surface area (TPSA) is 52.6 Å². The number of nitrogens with one attached hydrogen (secondary N) is 1. The van der Waals surface area contributed by atoms with Gasteiger partial charge in [-0.25, -0.2) is 0 Å². The van der Waals surface area contributed by atoms with E-state index in [0.717, 1.165) is 19.4 Å². The molecule has 0 aromatic heterocycles. The lowest BCUT2D eigenvalue weighted by Gasteiger charge is -2.34. The lowest BCUT2D eigenvalue weighted by molar-refractivity contribution is -0.123. The Morgan fingerprint density at radius 1 is 1.44 bits per heavy atom. The van der Waals surface area contributed by atoms with Crippen LogP contribution in [0.4, 0.5) is 0 Å². The van der Waals surface area contributed by atoms with E-state index in [9.17, 15) is 4.79 Å². The van der Waals surface area contributed by atoms with Gasteiger partial charge in [-0.15, -0.1) is 0 Å². The fourth-order valence-electron chi connectivity index (χ4n) is 2.06. The Morgan fingerprint density at radius 2 is 2.00 bits per heavy atom. The summed E-state index contributed by atoms with van der Waals surface area (Å²) >= 11 is 0. The number of likely N-dealkylation sites (N-methyl/N-ethyl adjacent to an activating group) is 1. The van der Waals surface area contributed by atoms with Crippen molar-refractivity contribution >= 4 is 5.91 Å². The van der Waals surface area contributed by atoms with E-state index >= 15 is 0 Å². The van der Waals surface area contributed by atoms with Crippen LogP contribution in [0, 0.1) is 5.92 Å². The Morgan fingerprint density at radius 3 is 2.44 bits per heavy atom. The second kappa shape index (κ2) is 5.15. The Hall–Kier alpha value is -0.610. The molecule has 1 saturated carbocycles. The molecule has 1 aliphatic rings. The van der Waals surface area contributed by atoms with E-state index in [2.05, 4.69) is 5.32 Å². The quantitative estimate of drug-likeness (QED) is 0.741. The molecule has 1 fully saturated rings. The second-order valence-electron chi connectivity index (χ2n) is 5.99. The van der Waals surface area contributed by atoms with Crippen LogP contribution >= 0.6 is 0 Å². The van der Waals surface area contributed by atoms with Gasteiger partial charge in [0.05, 0.1) is 12.6 Å². The zero-order chi connectivity index (χ0) is 12.3. The van der Waals surface area contributed by atoms with Gasteiger partial charge in [-0.1, -0.05) is 0 Å². The summed E-state index contributed by atoms with van der Waals surface area (Å²) < 4.78 is 0. The van der Waals surface area contributed by atoms with Crippen LogP contribution in [0.3, 0.4) is 0 Å². The van der Waals surface area contributed by atoms with Crippen molar-refractivity contribution in [1.82, 2.24) is 10.2 Å². The minimum absolute atomic E-state index is 0.0647. The van der Waals surface area contributed by atoms with Crippen LogP contribution in [-0.2, 0) is 4.79 Å². The highest BCUT2D eigenvalue weighted by Gasteiger charge is 2.28. The molecule has 0 unspecified atom stereocenters. The van der Waals surface area contributed by atoms with E-state index in [1.54, 1.807) is 0 Å². The van der Waals surface area contributed by atoms with Crippen LogP contribution in [0.2, 0.25) is 0 Å². The molecule has 4 heteroatoms. The summed E-state index contributed by atoms with van der Waals surface area (Å²) in [6, 6.07) is 0. The second-order valence-corrected chi connectivity index (χ2v) is 5.99. The molecule has 1 aliphatic carbocycles. The largest absolute Gasteiger partial charge is 0.393 e. The van der Waals surface area contributed by atoms with Crippen molar-refractivity contribution in [2.24, 2.45) is 5.92 Å². The van der Waals surface area contributed by atoms with E-state index in [1.165, 1.54) is 0 Å². The molecule has 94 valence electrons. The number of hydrogen-bond donors (Lipinski definition) is 2. The van der Waals surface area contributed by atoms with Crippen molar-refractivity contribution < 1.29 is 9.90 Å². The summed E-state index contributed by atoms with van der Waals surface area (Å²) in [6.07, 6.45) is 1.65. The van der Waals surface area contributed by atoms with Gasteiger partial charge in [0, 0.05) is 12.1 Å². The number of carbonyl (C=O) groups excluding carboxylic acids is 1. The third-order valence-electron chi connectivity index (χ3n) is 2.71. The molecule has 0 aromatic rings. The number of aliphatic hydroxyl groups is 1. The molecule has 0 spiro atoms. The molecule has 0 bridgehead atoms. The van der Waals surface area contributed by atoms with Crippen LogP contribution < -0.4 is 5.32 Å². The maximum atomic E-state index is 11.6. The zero-order valence-corrected chi connectivity index (χ0v) is 10.8. The number of amides is 1. The average Bonchev–Trinajstić information content (AvgIpc) is 1.96. The summed E-state index contributed by atoms with van der Waals surface area (Å²) in [5, 5.41) is 12.1. The Balaban J connectivity index is 2.18. The SMILES string of the molecule is CN(CC(=O)NC(C)(C)C)CC1CC(O)C1. The summed E-state index contributed by atoms with van der Waals surface area (Å²) in [4.78, 5) is 13.6. The van der Waals surface area contributed by atoms with E-state index < -0.39 is 0 Å². The molecule has 4 nitrogen and oxygen atoms in total. The van der Waals surface area contributed by atoms with E-state index in [4.69, 9.17) is 5.11 Å². The predicted molar refractivity (Wildman–Crippen MR) is 64.1 cm³/mol. The van der Waals surface area contributed by atoms with Gasteiger partial charge in [0.2, 0.25) is 5.91 Å². The molecule has 0 heterocycles. The van der Waals surface area contributed by atoms with Crippen LogP contribution in [-0.4, -0.2) is 47.7 Å². The number of aliphatic hydroxyl groups excluding tert-OH is 1. The van der Waals surface area contributed by atoms with Crippen molar-refractivity contribution in [3.63, 3.8) is 0 Å². The first-order valence-electron chi connectivity index (χ1n) is 5.94. The number of rotatable bonds is 4. The van der Waals surface area contributed by atoms with Gasteiger partial charge in [-0.2, -0.15) is 0 Å². The summed E-state index contributed by atoms with van der Waals surface area (Å²) in [6.45, 7) is 7.27. The third kappa shape index (κ3) is 4.94. The molecule has 16 heavy (non-hydrogen) atoms. The average molecular weight is 228 g/mol. The molecule has 1 rings (SSSR count). The fourth-order valence-corrected chi connectivity index (χ4v) is 2.06. The van der Waals surface area contributed by atoms with Crippen molar-refractivity contribution in [2.45, 2.75) is 45.3 Å². The van der Waals surface area contributed by atoms with E-state index in [1.807, 2.05) is 32.7 Å². The maximum Gasteiger partial charge on any atom is 0.234 e. The summed E-state index contributed by atoms with van der Waals surface area (Å²) in [7, 11) is 1.95. The van der Waals surface area contributed by atoms with Crippen molar-refractivity contribution in [2.75, 3.05) is 20.1 Å². The van der Waals surface area contributed by atoms with Crippen LogP contribution in [0.1, 0.15) is 33.6 Å². The molecule has 0 aromatic carbocycles. The summed E-state index contributed by atoms with van der Waals surface area (Å²) in [5.74, 6) is 0.623. The minimum atomic E-state index is -0.162. The van der Waals surface area contributed by atoms with Gasteiger partial charge in [0.15, 0.2) is 0 Å². The molecule has 1 amide bonds. The zero-order valence-electron chi connectivity index (χ0n) is 10.8. The highest BCUT2D eigenvalue weighted by Crippen LogP contribution is 2.27. The van der Waals surface area contributed by atoms with Crippen molar-refractivity contribution in [3.8, 4) is 0 Å². The van der Waals surface area contributed by atoms with Gasteiger partial charge in [0.25, 0.3) is 0 Å². The molecule has 2 N–H and O–H groups in total. The van der Waals surface area contributed by atoms with E-state index in [0.29, 0.717) is 12.5 Å². The van der Waals surface area contributed by atoms with Gasteiger partial charge in [-0.3, -0.25) is 9.69 Å². The lowest BCUT2D eigenvalue weighted by atomic mass is 9.82. The minimum Gasteiger partial charge on any atom is -0.393 e. The van der Waals surface area contributed by atoms with Crippen LogP contribution in [0.5, 0.6) is 0 Å². The predicted octanol–water partition coefficient (Wildman–Crippen LogP) is 0.604. The van der Waals surface area contributed by atoms with Gasteiger partial charge in [-0.05, 0) is 46.6 Å². The Bertz CT molecular complexity index is 242. The smallest absolute Gasteiger partial charge is 0.234 e. The first-order valence-corrected chi connectivity index (χ1v) is 5.94. The van der Waals surface area contributed by atoms with Crippen LogP contribution in [0.25, 0.3) is 0 Å². The maximum absolute atomic E-state index is 11.6. The Kier molecular flexibility index (Phi) is 4.33. The molecule has 0 saturated heterocycles. The lowest BCUT2D eigenvalue weighted by Crippen LogP contribution is -2.46. The Labute approximate surface area is 98.0 Å². The number of nitrogens with zero attached hydrogens (tertiary/aromatic N) is 1. The molecular weight excluding hydrogens is 204 g/mol. The highest BCUT2D eigenvalue weighted by molar-refractivity contribution is 5.78. The standard InChI is InChI=1S/C12H24N2O2/c1-12(2,3)13-11(16)8-14(4)7-9-5-10(15)6-9/h9-10,15H,5-8H2,1-4H3,(H,13,16). The van der Waals surface area contributed by atoms with Gasteiger partial charge in [0.1, 0.15) is 0 Å². The molecule has 0 atom stereocenters. The summed E-state index contributed by atoms with van der Waals surface area (Å²) in [5.41, 5.74) is -0.162. The van der Waals surface area contributed by atoms with Crippen molar-refractivity contribution in [3.05, 3.63) is 0 Å². The monoisotopic (exact) mass is 228 g/mol. The fraction of sp³-hybridized carbons (Fsp3) is 0.917. The van der Waals surface area contributed by atoms with Gasteiger partial charge < -0.3 is 10.4 Å². The molecular formula is C12H24N2O2. The number of carbonyl (C=O) groups is 1. The van der Waals surface area contributed by atoms with E-state index in [-0.39, 0.29) is 17.6 Å². The third-order valence-corrected chi connectivity index (χ3v) is 2.71. The van der Waals surface area contributed by atoms with Crippen molar-refractivity contribution in [1.29, 1.82) is 0 Å². The normalized spacial score (nSPS) is 25.4. The highest BCUT2D eigenvalue weighted by atomic mass is 16.3. The first-order chi connectivity index (χ1) is 7.26. The molecule has 0 radical (unpaired) electrons. The van der Waals surface area contributed by atoms with Gasteiger partial charge >= 0.3 is 0 Å². The number of hydrogen-bond acceptors (Lipinski definition) is 3. The van der Waals surface area contributed by atoms with Crippen LogP contribution in [0.15, 0.2) is 0 Å². The molecule has 0 aliphatic heterocycles. The first kappa shape index (κ1) is 13.5.